The van der Waals surface area contributed by atoms with E-state index in [4.69, 9.17) is 5.73 Å². The van der Waals surface area contributed by atoms with Crippen LogP contribution < -0.4 is 11.1 Å². The van der Waals surface area contributed by atoms with Crippen LogP contribution in [0.4, 0.5) is 11.6 Å². The van der Waals surface area contributed by atoms with Crippen LogP contribution in [0.15, 0.2) is 36.7 Å². The highest BCUT2D eigenvalue weighted by Crippen LogP contribution is 2.12. The van der Waals surface area contributed by atoms with Crippen LogP contribution in [0.2, 0.25) is 0 Å². The quantitative estimate of drug-likeness (QED) is 0.630. The van der Waals surface area contributed by atoms with E-state index >= 15 is 0 Å². The summed E-state index contributed by atoms with van der Waals surface area (Å²) in [6.07, 6.45) is 3.68. The summed E-state index contributed by atoms with van der Waals surface area (Å²) >= 11 is 0. The fraction of sp³-hybridized carbons (Fsp3) is 0.0909. The van der Waals surface area contributed by atoms with Gasteiger partial charge in [-0.1, -0.05) is 0 Å². The van der Waals surface area contributed by atoms with Crippen LogP contribution in [-0.2, 0) is 6.54 Å². The van der Waals surface area contributed by atoms with Gasteiger partial charge in [0.25, 0.3) is 0 Å². The fourth-order valence-electron chi connectivity index (χ4n) is 1.64. The van der Waals surface area contributed by atoms with Gasteiger partial charge in [0.15, 0.2) is 11.5 Å². The van der Waals surface area contributed by atoms with E-state index in [1.807, 2.05) is 36.7 Å². The molecule has 17 heavy (non-hydrogen) atoms. The minimum absolute atomic E-state index is 0.419. The Bertz CT molecular complexity index is 625. The fourth-order valence-corrected chi connectivity index (χ4v) is 1.64. The van der Waals surface area contributed by atoms with E-state index in [1.54, 1.807) is 4.52 Å². The van der Waals surface area contributed by atoms with E-state index in [-0.39, 0.29) is 0 Å². The molecule has 3 heterocycles. The van der Waals surface area contributed by atoms with Crippen LogP contribution in [0.25, 0.3) is 5.65 Å². The smallest absolute Gasteiger partial charge is 0.153 e. The molecule has 6 heteroatoms. The molecule has 0 amide bonds. The van der Waals surface area contributed by atoms with Gasteiger partial charge < -0.3 is 16.0 Å². The van der Waals surface area contributed by atoms with Crippen molar-refractivity contribution in [3.05, 3.63) is 42.4 Å². The first-order valence-electron chi connectivity index (χ1n) is 5.31. The summed E-state index contributed by atoms with van der Waals surface area (Å²) in [5.41, 5.74) is 7.16. The molecule has 4 N–H and O–H groups in total. The van der Waals surface area contributed by atoms with E-state index in [9.17, 15) is 0 Å². The Morgan fingerprint density at radius 3 is 3.06 bits per heavy atom. The lowest BCUT2D eigenvalue weighted by molar-refractivity contribution is 0.933. The summed E-state index contributed by atoms with van der Waals surface area (Å²) in [6, 6.07) is 7.64. The summed E-state index contributed by atoms with van der Waals surface area (Å²) < 4.78 is 1.72. The predicted octanol–water partition coefficient (Wildman–Crippen LogP) is 1.26. The molecule has 86 valence electrons. The van der Waals surface area contributed by atoms with Crippen LogP contribution in [-0.4, -0.2) is 19.6 Å². The summed E-state index contributed by atoms with van der Waals surface area (Å²) in [4.78, 5) is 7.36. The Morgan fingerprint density at radius 1 is 1.35 bits per heavy atom. The van der Waals surface area contributed by atoms with Gasteiger partial charge in [-0.25, -0.2) is 9.50 Å². The van der Waals surface area contributed by atoms with Crippen LogP contribution in [0.3, 0.4) is 0 Å². The number of H-pyrrole nitrogens is 1. The highest BCUT2D eigenvalue weighted by Gasteiger charge is 2.02. The standard InChI is InChI=1S/C11H12N6/c12-6-8-7-17-11(14-8)4-3-10(16-17)15-9-2-1-5-13-9/h1-5,7,13H,6,12H2,(H,15,16). The maximum Gasteiger partial charge on any atom is 0.153 e. The molecule has 0 radical (unpaired) electrons. The molecule has 3 rings (SSSR count). The molecular weight excluding hydrogens is 216 g/mol. The number of aromatic amines is 1. The summed E-state index contributed by atoms with van der Waals surface area (Å²) in [5, 5.41) is 7.54. The highest BCUT2D eigenvalue weighted by molar-refractivity contribution is 5.53. The third-order valence-corrected chi connectivity index (χ3v) is 2.44. The summed E-state index contributed by atoms with van der Waals surface area (Å²) in [5.74, 6) is 1.65. The lowest BCUT2D eigenvalue weighted by atomic mass is 10.5. The van der Waals surface area contributed by atoms with Crippen molar-refractivity contribution in [1.29, 1.82) is 0 Å². The van der Waals surface area contributed by atoms with Crippen molar-refractivity contribution in [3.63, 3.8) is 0 Å². The zero-order chi connectivity index (χ0) is 11.7. The predicted molar refractivity (Wildman–Crippen MR) is 65.0 cm³/mol. The number of anilines is 2. The van der Waals surface area contributed by atoms with Crippen molar-refractivity contribution < 1.29 is 0 Å². The number of aromatic nitrogens is 4. The molecule has 0 bridgehead atoms. The number of nitrogens with zero attached hydrogens (tertiary/aromatic N) is 3. The minimum atomic E-state index is 0.419. The highest BCUT2D eigenvalue weighted by atomic mass is 15.3. The van der Waals surface area contributed by atoms with Gasteiger partial charge in [-0.2, -0.15) is 0 Å². The van der Waals surface area contributed by atoms with Crippen LogP contribution in [0.5, 0.6) is 0 Å². The zero-order valence-electron chi connectivity index (χ0n) is 9.09. The molecule has 0 fully saturated rings. The maximum atomic E-state index is 5.54. The van der Waals surface area contributed by atoms with Gasteiger partial charge in [-0.15, -0.1) is 5.10 Å². The molecule has 0 aliphatic carbocycles. The second kappa shape index (κ2) is 3.91. The van der Waals surface area contributed by atoms with Crippen molar-refractivity contribution in [2.24, 2.45) is 5.73 Å². The molecule has 0 saturated carbocycles. The molecule has 0 aliphatic heterocycles. The SMILES string of the molecule is NCc1cn2nc(Nc3ccc[nH]3)ccc2n1. The number of hydrogen-bond donors (Lipinski definition) is 3. The first kappa shape index (κ1) is 9.86. The first-order chi connectivity index (χ1) is 8.35. The Morgan fingerprint density at radius 2 is 2.29 bits per heavy atom. The zero-order valence-corrected chi connectivity index (χ0v) is 9.09. The topological polar surface area (TPSA) is 84.0 Å². The Kier molecular flexibility index (Phi) is 2.27. The Labute approximate surface area is 97.5 Å². The third kappa shape index (κ3) is 1.85. The largest absolute Gasteiger partial charge is 0.348 e. The summed E-state index contributed by atoms with van der Waals surface area (Å²) in [7, 11) is 0. The number of hydrogen-bond acceptors (Lipinski definition) is 4. The van der Waals surface area contributed by atoms with Crippen molar-refractivity contribution >= 4 is 17.3 Å². The maximum absolute atomic E-state index is 5.54. The average molecular weight is 228 g/mol. The van der Waals surface area contributed by atoms with Crippen LogP contribution >= 0.6 is 0 Å². The average Bonchev–Trinajstić information content (AvgIpc) is 2.96. The molecule has 3 aromatic heterocycles. The van der Waals surface area contributed by atoms with Gasteiger partial charge in [-0.3, -0.25) is 0 Å². The van der Waals surface area contributed by atoms with Gasteiger partial charge >= 0.3 is 0 Å². The van der Waals surface area contributed by atoms with Crippen molar-refractivity contribution in [1.82, 2.24) is 19.6 Å². The molecule has 3 aromatic rings. The molecule has 0 saturated heterocycles. The first-order valence-corrected chi connectivity index (χ1v) is 5.31. The number of nitrogens with two attached hydrogens (primary N) is 1. The Balaban J connectivity index is 1.95. The van der Waals surface area contributed by atoms with Crippen LogP contribution in [0, 0.1) is 0 Å². The van der Waals surface area contributed by atoms with E-state index in [1.165, 1.54) is 0 Å². The molecule has 0 spiro atoms. The minimum Gasteiger partial charge on any atom is -0.348 e. The van der Waals surface area contributed by atoms with Gasteiger partial charge in [-0.05, 0) is 24.3 Å². The van der Waals surface area contributed by atoms with E-state index in [0.29, 0.717) is 6.54 Å². The number of nitrogens with one attached hydrogen (secondary N) is 2. The molecule has 6 nitrogen and oxygen atoms in total. The second-order valence-corrected chi connectivity index (χ2v) is 3.67. The van der Waals surface area contributed by atoms with Gasteiger partial charge in [0, 0.05) is 12.7 Å². The van der Waals surface area contributed by atoms with Crippen molar-refractivity contribution in [3.8, 4) is 0 Å². The monoisotopic (exact) mass is 228 g/mol. The van der Waals surface area contributed by atoms with E-state index < -0.39 is 0 Å². The number of fused-ring (bicyclic) bond motifs is 1. The third-order valence-electron chi connectivity index (χ3n) is 2.44. The second-order valence-electron chi connectivity index (χ2n) is 3.67. The number of rotatable bonds is 3. The summed E-state index contributed by atoms with van der Waals surface area (Å²) in [6.45, 7) is 0.419. The molecule has 0 unspecified atom stereocenters. The van der Waals surface area contributed by atoms with Gasteiger partial charge in [0.1, 0.15) is 5.82 Å². The molecule has 0 atom stereocenters. The lowest BCUT2D eigenvalue weighted by Gasteiger charge is -2.02. The number of imidazole rings is 1. The van der Waals surface area contributed by atoms with Crippen molar-refractivity contribution in [2.75, 3.05) is 5.32 Å². The molecule has 0 aromatic carbocycles. The van der Waals surface area contributed by atoms with Gasteiger partial charge in [0.2, 0.25) is 0 Å². The lowest BCUT2D eigenvalue weighted by Crippen LogP contribution is -1.98. The normalized spacial score (nSPS) is 10.9. The Hall–Kier alpha value is -2.34. The van der Waals surface area contributed by atoms with Crippen molar-refractivity contribution in [2.45, 2.75) is 6.54 Å². The molecular formula is C11H12N6. The van der Waals surface area contributed by atoms with E-state index in [2.05, 4.69) is 20.4 Å². The van der Waals surface area contributed by atoms with E-state index in [0.717, 1.165) is 23.0 Å². The van der Waals surface area contributed by atoms with Gasteiger partial charge in [0.05, 0.1) is 11.9 Å². The molecule has 0 aliphatic rings. The van der Waals surface area contributed by atoms with Crippen LogP contribution in [0.1, 0.15) is 5.69 Å².